The van der Waals surface area contributed by atoms with E-state index in [0.717, 1.165) is 28.5 Å². The minimum atomic E-state index is 0.102. The van der Waals surface area contributed by atoms with Gasteiger partial charge in [0.15, 0.2) is 0 Å². The number of hydrogen-bond donors (Lipinski definition) is 0. The average molecular weight is 335 g/mol. The van der Waals surface area contributed by atoms with Crippen LogP contribution in [0.2, 0.25) is 0 Å². The lowest BCUT2D eigenvalue weighted by molar-refractivity contribution is -0.118. The Morgan fingerprint density at radius 1 is 1.25 bits per heavy atom. The van der Waals surface area contributed by atoms with E-state index in [9.17, 15) is 4.79 Å². The van der Waals surface area contributed by atoms with Gasteiger partial charge in [-0.05, 0) is 37.1 Å². The number of benzene rings is 1. The van der Waals surface area contributed by atoms with E-state index in [0.29, 0.717) is 6.42 Å². The first-order valence-corrected chi connectivity index (χ1v) is 8.86. The number of nitrogens with zero attached hydrogens (tertiary/aromatic N) is 3. The standard InChI is InChI=1S/C19H17N3OS/c1-13-10-14-6-2-3-8-17(14)22(13)18(23)11-15-12-24-19(21-15)16-7-4-5-9-20-16/h2-9,12-13H,10-11H2,1H3. The maximum Gasteiger partial charge on any atom is 0.233 e. The molecule has 0 fully saturated rings. The Labute approximate surface area is 144 Å². The maximum absolute atomic E-state index is 12.8. The third-order valence-electron chi connectivity index (χ3n) is 4.24. The first-order valence-electron chi connectivity index (χ1n) is 7.98. The van der Waals surface area contributed by atoms with Crippen LogP contribution in [0.1, 0.15) is 18.2 Å². The van der Waals surface area contributed by atoms with Gasteiger partial charge in [-0.15, -0.1) is 11.3 Å². The van der Waals surface area contributed by atoms with Crippen molar-refractivity contribution in [2.75, 3.05) is 4.90 Å². The summed E-state index contributed by atoms with van der Waals surface area (Å²) in [5.74, 6) is 0.102. The van der Waals surface area contributed by atoms with Crippen LogP contribution in [-0.2, 0) is 17.6 Å². The van der Waals surface area contributed by atoms with Crippen LogP contribution in [0.15, 0.2) is 54.0 Å². The van der Waals surface area contributed by atoms with Gasteiger partial charge in [0.25, 0.3) is 0 Å². The number of para-hydroxylation sites is 1. The fourth-order valence-corrected chi connectivity index (χ4v) is 3.98. The predicted octanol–water partition coefficient (Wildman–Crippen LogP) is 3.73. The van der Waals surface area contributed by atoms with Gasteiger partial charge < -0.3 is 4.90 Å². The van der Waals surface area contributed by atoms with E-state index in [1.165, 1.54) is 16.9 Å². The molecule has 1 amide bonds. The van der Waals surface area contributed by atoms with Crippen LogP contribution < -0.4 is 4.90 Å². The Hall–Kier alpha value is -2.53. The highest BCUT2D eigenvalue weighted by Crippen LogP contribution is 2.32. The quantitative estimate of drug-likeness (QED) is 0.733. The Morgan fingerprint density at radius 3 is 2.92 bits per heavy atom. The van der Waals surface area contributed by atoms with Crippen molar-refractivity contribution in [2.45, 2.75) is 25.8 Å². The van der Waals surface area contributed by atoms with E-state index in [4.69, 9.17) is 0 Å². The summed E-state index contributed by atoms with van der Waals surface area (Å²) < 4.78 is 0. The lowest BCUT2D eigenvalue weighted by atomic mass is 10.1. The molecule has 0 aliphatic carbocycles. The van der Waals surface area contributed by atoms with Gasteiger partial charge in [-0.2, -0.15) is 0 Å². The molecule has 0 bridgehead atoms. The van der Waals surface area contributed by atoms with Crippen molar-refractivity contribution in [3.05, 3.63) is 65.3 Å². The molecule has 0 radical (unpaired) electrons. The molecule has 24 heavy (non-hydrogen) atoms. The first-order chi connectivity index (χ1) is 11.7. The Balaban J connectivity index is 1.54. The highest BCUT2D eigenvalue weighted by atomic mass is 32.1. The molecule has 2 aromatic heterocycles. The average Bonchev–Trinajstić information content (AvgIpc) is 3.19. The summed E-state index contributed by atoms with van der Waals surface area (Å²) in [5.41, 5.74) is 3.93. The van der Waals surface area contributed by atoms with Crippen molar-refractivity contribution in [1.29, 1.82) is 0 Å². The Morgan fingerprint density at radius 2 is 2.08 bits per heavy atom. The van der Waals surface area contributed by atoms with E-state index in [2.05, 4.69) is 23.0 Å². The SMILES string of the molecule is CC1Cc2ccccc2N1C(=O)Cc1csc(-c2ccccn2)n1. The molecular weight excluding hydrogens is 318 g/mol. The number of pyridine rings is 1. The van der Waals surface area contributed by atoms with Crippen molar-refractivity contribution >= 4 is 22.9 Å². The summed E-state index contributed by atoms with van der Waals surface area (Å²) in [6, 6.07) is 14.1. The molecule has 1 atom stereocenters. The zero-order chi connectivity index (χ0) is 16.5. The zero-order valence-electron chi connectivity index (χ0n) is 13.3. The number of fused-ring (bicyclic) bond motifs is 1. The van der Waals surface area contributed by atoms with Crippen LogP contribution in [0.25, 0.3) is 10.7 Å². The molecule has 1 aliphatic rings. The van der Waals surface area contributed by atoms with Crippen LogP contribution in [0, 0.1) is 0 Å². The van der Waals surface area contributed by atoms with Gasteiger partial charge in [0.05, 0.1) is 17.8 Å². The van der Waals surface area contributed by atoms with Crippen LogP contribution in [-0.4, -0.2) is 21.9 Å². The second-order valence-electron chi connectivity index (χ2n) is 5.98. The molecule has 1 aliphatic heterocycles. The topological polar surface area (TPSA) is 46.1 Å². The lowest BCUT2D eigenvalue weighted by Gasteiger charge is -2.22. The Kier molecular flexibility index (Phi) is 3.86. The van der Waals surface area contributed by atoms with E-state index < -0.39 is 0 Å². The second kappa shape index (κ2) is 6.17. The largest absolute Gasteiger partial charge is 0.309 e. The van der Waals surface area contributed by atoms with E-state index in [1.807, 2.05) is 46.7 Å². The summed E-state index contributed by atoms with van der Waals surface area (Å²) in [6.45, 7) is 2.10. The summed E-state index contributed by atoms with van der Waals surface area (Å²) in [7, 11) is 0. The molecule has 5 heteroatoms. The molecule has 120 valence electrons. The molecule has 0 saturated heterocycles. The third kappa shape index (κ3) is 2.71. The molecule has 0 N–H and O–H groups in total. The van der Waals surface area contributed by atoms with Gasteiger partial charge in [0, 0.05) is 23.3 Å². The molecular formula is C19H17N3OS. The zero-order valence-corrected chi connectivity index (χ0v) is 14.2. The number of carbonyl (C=O) groups is 1. The van der Waals surface area contributed by atoms with Gasteiger partial charge in [-0.25, -0.2) is 4.98 Å². The molecule has 0 spiro atoms. The molecule has 4 rings (SSSR count). The van der Waals surface area contributed by atoms with Crippen LogP contribution in [0.3, 0.4) is 0 Å². The molecule has 0 saturated carbocycles. The predicted molar refractivity (Wildman–Crippen MR) is 96.1 cm³/mol. The molecule has 4 nitrogen and oxygen atoms in total. The molecule has 3 aromatic rings. The summed E-state index contributed by atoms with van der Waals surface area (Å²) in [6.07, 6.45) is 2.99. The molecule has 3 heterocycles. The summed E-state index contributed by atoms with van der Waals surface area (Å²) in [4.78, 5) is 23.6. The van der Waals surface area contributed by atoms with E-state index in [1.54, 1.807) is 6.20 Å². The van der Waals surface area contributed by atoms with E-state index in [-0.39, 0.29) is 11.9 Å². The van der Waals surface area contributed by atoms with E-state index >= 15 is 0 Å². The van der Waals surface area contributed by atoms with Crippen LogP contribution in [0.5, 0.6) is 0 Å². The minimum Gasteiger partial charge on any atom is -0.309 e. The van der Waals surface area contributed by atoms with Crippen LogP contribution in [0.4, 0.5) is 5.69 Å². The van der Waals surface area contributed by atoms with Gasteiger partial charge >= 0.3 is 0 Å². The number of hydrogen-bond acceptors (Lipinski definition) is 4. The second-order valence-corrected chi connectivity index (χ2v) is 6.84. The summed E-state index contributed by atoms with van der Waals surface area (Å²) >= 11 is 1.53. The first kappa shape index (κ1) is 15.0. The Bertz CT molecular complexity index is 875. The van der Waals surface area contributed by atoms with Crippen molar-refractivity contribution in [2.24, 2.45) is 0 Å². The highest BCUT2D eigenvalue weighted by molar-refractivity contribution is 7.13. The number of amides is 1. The van der Waals surface area contributed by atoms with Crippen molar-refractivity contribution in [3.63, 3.8) is 0 Å². The fraction of sp³-hybridized carbons (Fsp3) is 0.211. The van der Waals surface area contributed by atoms with Crippen molar-refractivity contribution < 1.29 is 4.79 Å². The normalized spacial score (nSPS) is 16.2. The van der Waals surface area contributed by atoms with Gasteiger partial charge in [-0.1, -0.05) is 24.3 Å². The summed E-state index contributed by atoms with van der Waals surface area (Å²) in [5, 5.41) is 2.81. The highest BCUT2D eigenvalue weighted by Gasteiger charge is 2.30. The van der Waals surface area contributed by atoms with Crippen molar-refractivity contribution in [1.82, 2.24) is 9.97 Å². The molecule has 1 unspecified atom stereocenters. The number of aromatic nitrogens is 2. The molecule has 1 aromatic carbocycles. The fourth-order valence-electron chi connectivity index (χ4n) is 3.18. The van der Waals surface area contributed by atoms with Gasteiger partial charge in [-0.3, -0.25) is 9.78 Å². The lowest BCUT2D eigenvalue weighted by Crippen LogP contribution is -2.36. The monoisotopic (exact) mass is 335 g/mol. The minimum absolute atomic E-state index is 0.102. The van der Waals surface area contributed by atoms with Crippen molar-refractivity contribution in [3.8, 4) is 10.7 Å². The smallest absolute Gasteiger partial charge is 0.233 e. The number of thiazole rings is 1. The third-order valence-corrected chi connectivity index (χ3v) is 5.16. The number of rotatable bonds is 3. The van der Waals surface area contributed by atoms with Gasteiger partial charge in [0.2, 0.25) is 5.91 Å². The number of anilines is 1. The van der Waals surface area contributed by atoms with Crippen LogP contribution >= 0.6 is 11.3 Å². The van der Waals surface area contributed by atoms with Gasteiger partial charge in [0.1, 0.15) is 5.01 Å². The maximum atomic E-state index is 12.8. The number of carbonyl (C=O) groups excluding carboxylic acids is 1.